The van der Waals surface area contributed by atoms with E-state index < -0.39 is 5.60 Å². The normalized spacial score (nSPS) is 26.6. The van der Waals surface area contributed by atoms with Crippen LogP contribution >= 0.6 is 12.6 Å². The molecule has 0 atom stereocenters. The fourth-order valence-corrected chi connectivity index (χ4v) is 1.77. The summed E-state index contributed by atoms with van der Waals surface area (Å²) in [5, 5.41) is 2.84. The molecule has 14 heavy (non-hydrogen) atoms. The number of hydrogen-bond donors (Lipinski definition) is 2. The zero-order valence-corrected chi connectivity index (χ0v) is 9.93. The molecule has 0 saturated heterocycles. The van der Waals surface area contributed by atoms with Gasteiger partial charge >= 0.3 is 6.09 Å². The van der Waals surface area contributed by atoms with Crippen LogP contribution in [-0.4, -0.2) is 23.5 Å². The van der Waals surface area contributed by atoms with Crippen LogP contribution in [0.5, 0.6) is 0 Å². The zero-order chi connectivity index (χ0) is 10.8. The molecule has 1 fully saturated rings. The molecule has 1 aliphatic rings. The van der Waals surface area contributed by atoms with E-state index in [0.29, 0.717) is 12.0 Å². The Hall–Kier alpha value is -0.380. The predicted molar refractivity (Wildman–Crippen MR) is 59.7 cm³/mol. The Labute approximate surface area is 91.0 Å². The van der Waals surface area contributed by atoms with Crippen LogP contribution in [0.25, 0.3) is 0 Å². The van der Waals surface area contributed by atoms with Crippen LogP contribution in [-0.2, 0) is 4.74 Å². The lowest BCUT2D eigenvalue weighted by Gasteiger charge is -2.35. The molecule has 0 aromatic carbocycles. The predicted octanol–water partition coefficient (Wildman–Crippen LogP) is 2.22. The maximum absolute atomic E-state index is 11.3. The highest BCUT2D eigenvalue weighted by Gasteiger charge is 2.30. The third kappa shape index (κ3) is 3.78. The maximum atomic E-state index is 11.3. The zero-order valence-electron chi connectivity index (χ0n) is 9.04. The second kappa shape index (κ2) is 4.43. The van der Waals surface area contributed by atoms with Gasteiger partial charge in [0, 0.05) is 6.04 Å². The summed E-state index contributed by atoms with van der Waals surface area (Å²) in [5.41, 5.74) is -0.406. The molecule has 0 heterocycles. The van der Waals surface area contributed by atoms with Gasteiger partial charge in [0.1, 0.15) is 5.60 Å². The topological polar surface area (TPSA) is 38.3 Å². The van der Waals surface area contributed by atoms with Crippen molar-refractivity contribution in [3.8, 4) is 0 Å². The molecule has 82 valence electrons. The van der Waals surface area contributed by atoms with E-state index in [1.54, 1.807) is 0 Å². The molecule has 0 unspecified atom stereocenters. The Kier molecular flexibility index (Phi) is 3.70. The summed E-state index contributed by atoms with van der Waals surface area (Å²) in [6, 6.07) is 0.294. The van der Waals surface area contributed by atoms with Gasteiger partial charge in [0.2, 0.25) is 0 Å². The first-order valence-electron chi connectivity index (χ1n) is 5.01. The van der Waals surface area contributed by atoms with Crippen LogP contribution in [0.15, 0.2) is 0 Å². The summed E-state index contributed by atoms with van der Waals surface area (Å²) < 4.78 is 5.14. The molecule has 0 aromatic rings. The molecule has 3 nitrogen and oxygen atoms in total. The third-order valence-corrected chi connectivity index (χ3v) is 2.73. The number of nitrogens with one attached hydrogen (secondary N) is 1. The highest BCUT2D eigenvalue weighted by molar-refractivity contribution is 7.80. The number of rotatable bonds is 2. The second-order valence-corrected chi connectivity index (χ2v) is 5.23. The Morgan fingerprint density at radius 2 is 2.07 bits per heavy atom. The summed E-state index contributed by atoms with van der Waals surface area (Å²) in [4.78, 5) is 11.3. The number of alkyl carbamates (subject to hydrolysis) is 1. The summed E-state index contributed by atoms with van der Waals surface area (Å²) in [6.07, 6.45) is 1.76. The summed E-state index contributed by atoms with van der Waals surface area (Å²) in [5.74, 6) is 1.57. The second-order valence-electron chi connectivity index (χ2n) is 4.86. The van der Waals surface area contributed by atoms with E-state index in [-0.39, 0.29) is 6.09 Å². The first-order valence-corrected chi connectivity index (χ1v) is 5.64. The third-order valence-electron chi connectivity index (χ3n) is 2.21. The van der Waals surface area contributed by atoms with Crippen molar-refractivity contribution in [1.82, 2.24) is 5.32 Å². The molecule has 1 amide bonds. The van der Waals surface area contributed by atoms with Gasteiger partial charge in [-0.15, -0.1) is 0 Å². The molecule has 4 heteroatoms. The average molecular weight is 217 g/mol. The average Bonchev–Trinajstić information content (AvgIpc) is 1.91. The number of thiol groups is 1. The lowest BCUT2D eigenvalue weighted by Crippen LogP contribution is -2.46. The van der Waals surface area contributed by atoms with E-state index in [9.17, 15) is 4.79 Å². The van der Waals surface area contributed by atoms with E-state index in [1.807, 2.05) is 20.8 Å². The Balaban J connectivity index is 2.17. The number of amides is 1. The number of carbonyl (C=O) groups excluding carboxylic acids is 1. The van der Waals surface area contributed by atoms with Gasteiger partial charge in [-0.3, -0.25) is 0 Å². The smallest absolute Gasteiger partial charge is 0.407 e. The fraction of sp³-hybridized carbons (Fsp3) is 0.900. The number of carbonyl (C=O) groups is 1. The van der Waals surface area contributed by atoms with Crippen molar-refractivity contribution in [2.75, 3.05) is 5.75 Å². The van der Waals surface area contributed by atoms with Gasteiger partial charge < -0.3 is 10.1 Å². The van der Waals surface area contributed by atoms with Gasteiger partial charge in [0.05, 0.1) is 0 Å². The van der Waals surface area contributed by atoms with Gasteiger partial charge in [-0.2, -0.15) is 12.6 Å². The molecule has 1 N–H and O–H groups in total. The fourth-order valence-electron chi connectivity index (χ4n) is 1.48. The van der Waals surface area contributed by atoms with E-state index in [0.717, 1.165) is 18.6 Å². The number of hydrogen-bond acceptors (Lipinski definition) is 3. The van der Waals surface area contributed by atoms with Crippen molar-refractivity contribution in [2.24, 2.45) is 5.92 Å². The minimum Gasteiger partial charge on any atom is -0.444 e. The van der Waals surface area contributed by atoms with Crippen molar-refractivity contribution in [1.29, 1.82) is 0 Å². The first-order chi connectivity index (χ1) is 6.40. The van der Waals surface area contributed by atoms with Crippen molar-refractivity contribution in [3.63, 3.8) is 0 Å². The Morgan fingerprint density at radius 1 is 1.50 bits per heavy atom. The highest BCUT2D eigenvalue weighted by atomic mass is 32.1. The monoisotopic (exact) mass is 217 g/mol. The Morgan fingerprint density at radius 3 is 2.50 bits per heavy atom. The lowest BCUT2D eigenvalue weighted by molar-refractivity contribution is 0.0459. The van der Waals surface area contributed by atoms with Crippen LogP contribution in [0.1, 0.15) is 33.6 Å². The van der Waals surface area contributed by atoms with E-state index >= 15 is 0 Å². The van der Waals surface area contributed by atoms with Gasteiger partial charge in [-0.1, -0.05) is 0 Å². The van der Waals surface area contributed by atoms with Gasteiger partial charge in [-0.05, 0) is 45.3 Å². The van der Waals surface area contributed by atoms with Crippen LogP contribution in [0.2, 0.25) is 0 Å². The molecule has 0 radical (unpaired) electrons. The SMILES string of the molecule is CC(C)(C)OC(=O)NC1CC(CS)C1. The Bertz CT molecular complexity index is 207. The van der Waals surface area contributed by atoms with Crippen LogP contribution in [0, 0.1) is 5.92 Å². The maximum Gasteiger partial charge on any atom is 0.407 e. The standard InChI is InChI=1S/C10H19NO2S/c1-10(2,3)13-9(12)11-8-4-7(5-8)6-14/h7-8,14H,4-6H2,1-3H3,(H,11,12). The molecule has 1 rings (SSSR count). The van der Waals surface area contributed by atoms with E-state index in [1.165, 1.54) is 0 Å². The molecule has 1 aliphatic carbocycles. The van der Waals surface area contributed by atoms with Crippen LogP contribution in [0.4, 0.5) is 4.79 Å². The summed E-state index contributed by atoms with van der Waals surface area (Å²) >= 11 is 4.20. The van der Waals surface area contributed by atoms with Crippen molar-refractivity contribution < 1.29 is 9.53 Å². The van der Waals surface area contributed by atoms with E-state index in [2.05, 4.69) is 17.9 Å². The van der Waals surface area contributed by atoms with Crippen LogP contribution < -0.4 is 5.32 Å². The van der Waals surface area contributed by atoms with Crippen molar-refractivity contribution >= 4 is 18.7 Å². The summed E-state index contributed by atoms with van der Waals surface area (Å²) in [6.45, 7) is 5.59. The molecule has 1 saturated carbocycles. The van der Waals surface area contributed by atoms with Gasteiger partial charge in [0.25, 0.3) is 0 Å². The van der Waals surface area contributed by atoms with Gasteiger partial charge in [-0.25, -0.2) is 4.79 Å². The van der Waals surface area contributed by atoms with E-state index in [4.69, 9.17) is 4.74 Å². The first kappa shape index (κ1) is 11.7. The number of ether oxygens (including phenoxy) is 1. The van der Waals surface area contributed by atoms with Crippen molar-refractivity contribution in [3.05, 3.63) is 0 Å². The molecule has 0 aliphatic heterocycles. The van der Waals surface area contributed by atoms with Crippen molar-refractivity contribution in [2.45, 2.75) is 45.3 Å². The van der Waals surface area contributed by atoms with Crippen LogP contribution in [0.3, 0.4) is 0 Å². The molecular weight excluding hydrogens is 198 g/mol. The molecular formula is C10H19NO2S. The lowest BCUT2D eigenvalue weighted by atomic mass is 9.82. The van der Waals surface area contributed by atoms with Gasteiger partial charge in [0.15, 0.2) is 0 Å². The molecule has 0 spiro atoms. The summed E-state index contributed by atoms with van der Waals surface area (Å²) in [7, 11) is 0. The quantitative estimate of drug-likeness (QED) is 0.696. The largest absolute Gasteiger partial charge is 0.444 e. The minimum absolute atomic E-state index is 0.294. The molecule has 0 bridgehead atoms. The highest BCUT2D eigenvalue weighted by Crippen LogP contribution is 2.28. The minimum atomic E-state index is -0.406. The molecule has 0 aromatic heterocycles.